The lowest BCUT2D eigenvalue weighted by Gasteiger charge is -2.39. The second-order valence-corrected chi connectivity index (χ2v) is 11.1. The molecule has 0 radical (unpaired) electrons. The summed E-state index contributed by atoms with van der Waals surface area (Å²) >= 11 is 0. The van der Waals surface area contributed by atoms with Crippen molar-refractivity contribution < 1.29 is 27.5 Å². The number of alkyl halides is 3. The Hall–Kier alpha value is -4.41. The van der Waals surface area contributed by atoms with Gasteiger partial charge < -0.3 is 15.4 Å². The summed E-state index contributed by atoms with van der Waals surface area (Å²) in [5, 5.41) is 14.1. The van der Waals surface area contributed by atoms with Crippen LogP contribution in [0.2, 0.25) is 0 Å². The van der Waals surface area contributed by atoms with Crippen LogP contribution >= 0.6 is 0 Å². The Morgan fingerprint density at radius 1 is 1.17 bits per heavy atom. The highest BCUT2D eigenvalue weighted by Crippen LogP contribution is 2.46. The number of dihydropyridines is 1. The predicted octanol–water partition coefficient (Wildman–Crippen LogP) is 5.22. The Kier molecular flexibility index (Phi) is 7.23. The molecule has 1 aliphatic heterocycles. The molecule has 2 N–H and O–H groups in total. The number of nitrogens with zero attached hydrogens (tertiary/aromatic N) is 3. The Morgan fingerprint density at radius 3 is 2.59 bits per heavy atom. The van der Waals surface area contributed by atoms with Crippen molar-refractivity contribution in [1.82, 2.24) is 25.6 Å². The van der Waals surface area contributed by atoms with E-state index in [0.717, 1.165) is 23.4 Å². The van der Waals surface area contributed by atoms with Crippen LogP contribution in [0.5, 0.6) is 5.75 Å². The molecule has 1 unspecified atom stereocenters. The van der Waals surface area contributed by atoms with E-state index < -0.39 is 23.6 Å². The van der Waals surface area contributed by atoms with Gasteiger partial charge in [0.2, 0.25) is 5.91 Å². The molecule has 8 nitrogen and oxygen atoms in total. The van der Waals surface area contributed by atoms with Gasteiger partial charge in [-0.2, -0.15) is 13.2 Å². The molecule has 3 aromatic rings. The molecule has 2 aromatic carbocycles. The van der Waals surface area contributed by atoms with Crippen LogP contribution in [0.3, 0.4) is 0 Å². The van der Waals surface area contributed by atoms with Gasteiger partial charge in [0.15, 0.2) is 5.78 Å². The van der Waals surface area contributed by atoms with Crippen LogP contribution in [0.4, 0.5) is 13.2 Å². The van der Waals surface area contributed by atoms with E-state index in [9.17, 15) is 22.8 Å². The number of carbonyl (C=O) groups is 2. The number of nitrogens with one attached hydrogen (secondary N) is 2. The first-order valence-corrected chi connectivity index (χ1v) is 13.1. The Balaban J connectivity index is 1.41. The van der Waals surface area contributed by atoms with Crippen molar-refractivity contribution in [2.45, 2.75) is 52.3 Å². The molecule has 1 amide bonds. The van der Waals surface area contributed by atoms with Gasteiger partial charge in [0.25, 0.3) is 0 Å². The molecule has 11 heteroatoms. The Labute approximate surface area is 235 Å². The zero-order valence-corrected chi connectivity index (χ0v) is 23.1. The quantitative estimate of drug-likeness (QED) is 0.426. The summed E-state index contributed by atoms with van der Waals surface area (Å²) < 4.78 is 45.9. The largest absolute Gasteiger partial charge is 0.497 e. The highest BCUT2D eigenvalue weighted by Gasteiger charge is 2.42. The summed E-state index contributed by atoms with van der Waals surface area (Å²) in [5.41, 5.74) is 2.78. The van der Waals surface area contributed by atoms with Gasteiger partial charge in [0.05, 0.1) is 31.1 Å². The highest BCUT2D eigenvalue weighted by molar-refractivity contribution is 6.05. The van der Waals surface area contributed by atoms with E-state index in [1.165, 1.54) is 23.0 Å². The number of benzene rings is 2. The lowest BCUT2D eigenvalue weighted by atomic mass is 9.68. The first kappa shape index (κ1) is 28.1. The summed E-state index contributed by atoms with van der Waals surface area (Å²) in [4.78, 5) is 27.1. The molecule has 1 aromatic heterocycles. The molecule has 41 heavy (non-hydrogen) atoms. The van der Waals surface area contributed by atoms with Crippen molar-refractivity contribution in [2.75, 3.05) is 7.11 Å². The number of hydrogen-bond acceptors (Lipinski definition) is 6. The summed E-state index contributed by atoms with van der Waals surface area (Å²) in [7, 11) is 1.57. The third kappa shape index (κ3) is 5.75. The number of carbonyl (C=O) groups excluding carboxylic acids is 2. The average Bonchev–Trinajstić information content (AvgIpc) is 3.39. The molecule has 5 rings (SSSR count). The molecule has 0 saturated heterocycles. The van der Waals surface area contributed by atoms with Crippen LogP contribution in [0.25, 0.3) is 5.69 Å². The van der Waals surface area contributed by atoms with E-state index in [1.807, 2.05) is 32.9 Å². The molecular weight excluding hydrogens is 535 g/mol. The number of hydrogen-bond donors (Lipinski definition) is 2. The number of methoxy groups -OCH3 is 1. The molecule has 2 heterocycles. The number of rotatable bonds is 6. The minimum atomic E-state index is -4.49. The second-order valence-electron chi connectivity index (χ2n) is 11.1. The topological polar surface area (TPSA) is 98.1 Å². The zero-order chi connectivity index (χ0) is 29.5. The first-order chi connectivity index (χ1) is 19.4. The maximum absolute atomic E-state index is 13.7. The minimum absolute atomic E-state index is 0.00796. The standard InChI is InChI=1S/C30H30F3N5O3/c1-17-25(28(40)34-15-20-16-38(37-36-20)21-7-5-6-19(12-21)30(31,32)33)26(18-8-10-22(41-4)11-9-18)27-23(35-17)13-29(2,3)14-24(27)39/h5-12,16,26,35H,13-15H2,1-4H3,(H,34,40). The Morgan fingerprint density at radius 2 is 1.90 bits per heavy atom. The van der Waals surface area contributed by atoms with E-state index in [0.29, 0.717) is 41.1 Å². The lowest BCUT2D eigenvalue weighted by molar-refractivity contribution is -0.137. The fourth-order valence-corrected chi connectivity index (χ4v) is 5.46. The van der Waals surface area contributed by atoms with Crippen molar-refractivity contribution in [3.05, 3.63) is 94.1 Å². The third-order valence-corrected chi connectivity index (χ3v) is 7.34. The summed E-state index contributed by atoms with van der Waals surface area (Å²) in [5.74, 6) is -0.329. The minimum Gasteiger partial charge on any atom is -0.497 e. The molecule has 1 aliphatic carbocycles. The molecule has 1 atom stereocenters. The van der Waals surface area contributed by atoms with Gasteiger partial charge in [-0.1, -0.05) is 37.3 Å². The molecular formula is C30H30F3N5O3. The van der Waals surface area contributed by atoms with E-state index in [4.69, 9.17) is 4.74 Å². The fourth-order valence-electron chi connectivity index (χ4n) is 5.46. The summed E-state index contributed by atoms with van der Waals surface area (Å²) in [6.45, 7) is 5.89. The first-order valence-electron chi connectivity index (χ1n) is 13.1. The maximum Gasteiger partial charge on any atom is 0.416 e. The molecule has 0 bridgehead atoms. The number of amides is 1. The Bertz CT molecular complexity index is 1570. The molecule has 214 valence electrons. The number of halogens is 3. The van der Waals surface area contributed by atoms with Crippen LogP contribution in [0.15, 0.2) is 77.3 Å². The van der Waals surface area contributed by atoms with E-state index >= 15 is 0 Å². The summed E-state index contributed by atoms with van der Waals surface area (Å²) in [6.07, 6.45) is -1.99. The van der Waals surface area contributed by atoms with Crippen molar-refractivity contribution in [3.8, 4) is 11.4 Å². The van der Waals surface area contributed by atoms with Crippen LogP contribution in [0, 0.1) is 5.41 Å². The van der Waals surface area contributed by atoms with Gasteiger partial charge in [-0.25, -0.2) is 4.68 Å². The van der Waals surface area contributed by atoms with Crippen LogP contribution < -0.4 is 15.4 Å². The van der Waals surface area contributed by atoms with E-state index in [2.05, 4.69) is 20.9 Å². The van der Waals surface area contributed by atoms with Crippen molar-refractivity contribution >= 4 is 11.7 Å². The number of aromatic nitrogens is 3. The lowest BCUT2D eigenvalue weighted by Crippen LogP contribution is -2.40. The maximum atomic E-state index is 13.7. The number of ether oxygens (including phenoxy) is 1. The smallest absolute Gasteiger partial charge is 0.416 e. The van der Waals surface area contributed by atoms with Crippen molar-refractivity contribution in [1.29, 1.82) is 0 Å². The highest BCUT2D eigenvalue weighted by atomic mass is 19.4. The van der Waals surface area contributed by atoms with Gasteiger partial charge in [-0.15, -0.1) is 5.10 Å². The second kappa shape index (κ2) is 10.5. The number of allylic oxidation sites excluding steroid dienone is 3. The third-order valence-electron chi connectivity index (χ3n) is 7.34. The van der Waals surface area contributed by atoms with E-state index in [1.54, 1.807) is 19.2 Å². The molecule has 0 spiro atoms. The van der Waals surface area contributed by atoms with Gasteiger partial charge in [0.1, 0.15) is 11.4 Å². The fraction of sp³-hybridized carbons (Fsp3) is 0.333. The monoisotopic (exact) mass is 565 g/mol. The average molecular weight is 566 g/mol. The van der Waals surface area contributed by atoms with Crippen LogP contribution in [-0.4, -0.2) is 33.8 Å². The zero-order valence-electron chi connectivity index (χ0n) is 23.1. The van der Waals surface area contributed by atoms with Crippen LogP contribution in [-0.2, 0) is 22.3 Å². The van der Waals surface area contributed by atoms with Crippen molar-refractivity contribution in [3.63, 3.8) is 0 Å². The molecule has 2 aliphatic rings. The molecule has 0 saturated carbocycles. The van der Waals surface area contributed by atoms with Crippen LogP contribution in [0.1, 0.15) is 56.4 Å². The van der Waals surface area contributed by atoms with Gasteiger partial charge in [-0.05, 0) is 54.7 Å². The van der Waals surface area contributed by atoms with Gasteiger partial charge >= 0.3 is 6.18 Å². The number of ketones is 1. The molecule has 0 fully saturated rings. The van der Waals surface area contributed by atoms with Gasteiger partial charge in [-0.3, -0.25) is 9.59 Å². The van der Waals surface area contributed by atoms with Gasteiger partial charge in [0, 0.05) is 34.9 Å². The van der Waals surface area contributed by atoms with E-state index in [-0.39, 0.29) is 23.4 Å². The predicted molar refractivity (Wildman–Crippen MR) is 145 cm³/mol. The number of Topliss-reactive ketones (excluding diaryl/α,β-unsaturated/α-hetero) is 1. The SMILES string of the molecule is COc1ccc(C2C(C(=O)NCc3cn(-c4cccc(C(F)(F)F)c4)nn3)=C(C)NC3=C2C(=O)CC(C)(C)C3)cc1. The summed E-state index contributed by atoms with van der Waals surface area (Å²) in [6, 6.07) is 12.0. The van der Waals surface area contributed by atoms with Crippen molar-refractivity contribution in [2.24, 2.45) is 5.41 Å². The normalized spacial score (nSPS) is 18.6.